The lowest BCUT2D eigenvalue weighted by atomic mass is 10.0. The minimum atomic E-state index is -0.645. The predicted molar refractivity (Wildman–Crippen MR) is 134 cm³/mol. The summed E-state index contributed by atoms with van der Waals surface area (Å²) in [6.07, 6.45) is 0.923. The molecule has 0 bridgehead atoms. The Kier molecular flexibility index (Phi) is 6.87. The Morgan fingerprint density at radius 3 is 2.23 bits per heavy atom. The molecule has 0 aliphatic rings. The number of nitrogens with one attached hydrogen (secondary N) is 1. The van der Waals surface area contributed by atoms with Crippen LogP contribution >= 0.6 is 0 Å². The van der Waals surface area contributed by atoms with Crippen molar-refractivity contribution in [3.8, 4) is 11.3 Å². The number of esters is 2. The summed E-state index contributed by atoms with van der Waals surface area (Å²) in [6, 6.07) is 21.3. The molecule has 0 fully saturated rings. The van der Waals surface area contributed by atoms with Crippen LogP contribution in [-0.4, -0.2) is 37.0 Å². The molecule has 0 aliphatic carbocycles. The second-order valence-corrected chi connectivity index (χ2v) is 7.82. The molecule has 7 nitrogen and oxygen atoms in total. The van der Waals surface area contributed by atoms with Crippen molar-refractivity contribution in [2.24, 2.45) is 0 Å². The monoisotopic (exact) mass is 468 g/mol. The van der Waals surface area contributed by atoms with Gasteiger partial charge in [-0.2, -0.15) is 0 Å². The molecule has 0 saturated carbocycles. The van der Waals surface area contributed by atoms with Crippen molar-refractivity contribution in [1.82, 2.24) is 4.98 Å². The number of anilines is 1. The summed E-state index contributed by atoms with van der Waals surface area (Å²) in [5, 5.41) is 3.43. The molecule has 0 spiro atoms. The number of rotatable bonds is 6. The summed E-state index contributed by atoms with van der Waals surface area (Å²) in [6.45, 7) is 2.09. The number of aryl methyl sites for hydroxylation is 1. The maximum Gasteiger partial charge on any atom is 0.339 e. The number of aromatic nitrogens is 1. The van der Waals surface area contributed by atoms with E-state index in [0.29, 0.717) is 22.2 Å². The first kappa shape index (κ1) is 23.6. The molecule has 0 atom stereocenters. The highest BCUT2D eigenvalue weighted by Gasteiger charge is 2.20. The van der Waals surface area contributed by atoms with Crippen LogP contribution in [0.4, 0.5) is 5.69 Å². The van der Waals surface area contributed by atoms with E-state index in [4.69, 9.17) is 14.5 Å². The van der Waals surface area contributed by atoms with Gasteiger partial charge in [-0.15, -0.1) is 0 Å². The van der Waals surface area contributed by atoms with Crippen LogP contribution in [0.15, 0.2) is 72.8 Å². The number of pyridine rings is 1. The Labute approximate surface area is 202 Å². The minimum Gasteiger partial charge on any atom is -0.465 e. The standard InChI is InChI=1S/C28H24N2O5/c1-4-17-9-11-18(12-10-17)24-16-22(20-7-5-6-8-23(20)29-24)26(31)30-25-15-19(27(32)34-2)13-14-21(25)28(33)35-3/h5-16H,4H2,1-3H3,(H,30,31). The fraction of sp³-hybridized carbons (Fsp3) is 0.143. The van der Waals surface area contributed by atoms with Gasteiger partial charge in [0.25, 0.3) is 5.91 Å². The van der Waals surface area contributed by atoms with Gasteiger partial charge in [-0.3, -0.25) is 4.79 Å². The van der Waals surface area contributed by atoms with Gasteiger partial charge >= 0.3 is 11.9 Å². The summed E-state index contributed by atoms with van der Waals surface area (Å²) in [5.74, 6) is -1.70. The van der Waals surface area contributed by atoms with E-state index < -0.39 is 17.8 Å². The summed E-state index contributed by atoms with van der Waals surface area (Å²) in [4.78, 5) is 42.6. The van der Waals surface area contributed by atoms with Crippen LogP contribution in [0.2, 0.25) is 0 Å². The van der Waals surface area contributed by atoms with E-state index in [9.17, 15) is 14.4 Å². The second-order valence-electron chi connectivity index (χ2n) is 7.82. The molecule has 0 radical (unpaired) electrons. The van der Waals surface area contributed by atoms with Gasteiger partial charge in [-0.05, 0) is 42.3 Å². The molecule has 35 heavy (non-hydrogen) atoms. The summed E-state index contributed by atoms with van der Waals surface area (Å²) in [7, 11) is 2.50. The molecule has 176 valence electrons. The van der Waals surface area contributed by atoms with Crippen LogP contribution in [0, 0.1) is 0 Å². The first-order valence-corrected chi connectivity index (χ1v) is 11.1. The van der Waals surface area contributed by atoms with Crippen molar-refractivity contribution < 1.29 is 23.9 Å². The third kappa shape index (κ3) is 4.89. The highest BCUT2D eigenvalue weighted by Crippen LogP contribution is 2.27. The molecule has 4 aromatic rings. The zero-order valence-corrected chi connectivity index (χ0v) is 19.6. The average Bonchev–Trinajstić information content (AvgIpc) is 2.91. The lowest BCUT2D eigenvalue weighted by Gasteiger charge is -2.14. The number of hydrogen-bond acceptors (Lipinski definition) is 6. The molecule has 3 aromatic carbocycles. The largest absolute Gasteiger partial charge is 0.465 e. The highest BCUT2D eigenvalue weighted by atomic mass is 16.5. The predicted octanol–water partition coefficient (Wildman–Crippen LogP) is 5.29. The Morgan fingerprint density at radius 1 is 0.829 bits per heavy atom. The first-order chi connectivity index (χ1) is 16.9. The van der Waals surface area contributed by atoms with E-state index in [1.165, 1.54) is 38.0 Å². The van der Waals surface area contributed by atoms with Crippen LogP contribution in [0.3, 0.4) is 0 Å². The fourth-order valence-electron chi connectivity index (χ4n) is 3.79. The molecule has 1 heterocycles. The zero-order valence-electron chi connectivity index (χ0n) is 19.6. The van der Waals surface area contributed by atoms with E-state index in [2.05, 4.69) is 12.2 Å². The summed E-state index contributed by atoms with van der Waals surface area (Å²) in [5.41, 5.74) is 4.20. The number of hydrogen-bond donors (Lipinski definition) is 1. The number of ether oxygens (including phenoxy) is 2. The van der Waals surface area contributed by atoms with Crippen molar-refractivity contribution in [2.45, 2.75) is 13.3 Å². The normalized spacial score (nSPS) is 10.6. The number of amides is 1. The van der Waals surface area contributed by atoms with E-state index in [0.717, 1.165) is 12.0 Å². The van der Waals surface area contributed by atoms with Gasteiger partial charge in [-0.25, -0.2) is 14.6 Å². The van der Waals surface area contributed by atoms with Crippen LogP contribution < -0.4 is 5.32 Å². The number of nitrogens with zero attached hydrogens (tertiary/aromatic N) is 1. The van der Waals surface area contributed by atoms with Crippen LogP contribution in [0.1, 0.15) is 43.6 Å². The van der Waals surface area contributed by atoms with Gasteiger partial charge in [-0.1, -0.05) is 49.4 Å². The molecule has 1 aromatic heterocycles. The number of para-hydroxylation sites is 1. The quantitative estimate of drug-likeness (QED) is 0.387. The van der Waals surface area contributed by atoms with E-state index in [1.807, 2.05) is 48.5 Å². The molecule has 0 saturated heterocycles. The number of fused-ring (bicyclic) bond motifs is 1. The molecule has 0 aliphatic heterocycles. The molecule has 1 amide bonds. The van der Waals surface area contributed by atoms with Crippen molar-refractivity contribution in [3.05, 3.63) is 95.1 Å². The van der Waals surface area contributed by atoms with Crippen molar-refractivity contribution in [3.63, 3.8) is 0 Å². The zero-order chi connectivity index (χ0) is 24.9. The Balaban J connectivity index is 1.80. The number of benzene rings is 3. The smallest absolute Gasteiger partial charge is 0.339 e. The van der Waals surface area contributed by atoms with E-state index in [-0.39, 0.29) is 16.8 Å². The third-order valence-corrected chi connectivity index (χ3v) is 5.71. The van der Waals surface area contributed by atoms with Gasteiger partial charge in [0.1, 0.15) is 0 Å². The molecular formula is C28H24N2O5. The number of carbonyl (C=O) groups is 3. The number of methoxy groups -OCH3 is 2. The van der Waals surface area contributed by atoms with Gasteiger partial charge in [0.05, 0.1) is 47.8 Å². The highest BCUT2D eigenvalue weighted by molar-refractivity contribution is 6.15. The van der Waals surface area contributed by atoms with E-state index in [1.54, 1.807) is 6.07 Å². The van der Waals surface area contributed by atoms with Crippen LogP contribution in [0.25, 0.3) is 22.2 Å². The SMILES string of the molecule is CCc1ccc(-c2cc(C(=O)Nc3cc(C(=O)OC)ccc3C(=O)OC)c3ccccc3n2)cc1. The lowest BCUT2D eigenvalue weighted by molar-refractivity contribution is 0.0587. The Morgan fingerprint density at radius 2 is 1.54 bits per heavy atom. The van der Waals surface area contributed by atoms with Crippen LogP contribution in [0.5, 0.6) is 0 Å². The third-order valence-electron chi connectivity index (χ3n) is 5.71. The van der Waals surface area contributed by atoms with Gasteiger partial charge < -0.3 is 14.8 Å². The van der Waals surface area contributed by atoms with Crippen molar-refractivity contribution in [2.75, 3.05) is 19.5 Å². The van der Waals surface area contributed by atoms with Gasteiger partial charge in [0.15, 0.2) is 0 Å². The molecule has 0 unspecified atom stereocenters. The van der Waals surface area contributed by atoms with Crippen molar-refractivity contribution in [1.29, 1.82) is 0 Å². The number of carbonyl (C=O) groups excluding carboxylic acids is 3. The van der Waals surface area contributed by atoms with Gasteiger partial charge in [0, 0.05) is 10.9 Å². The molecule has 1 N–H and O–H groups in total. The Bertz CT molecular complexity index is 1430. The summed E-state index contributed by atoms with van der Waals surface area (Å²) < 4.78 is 9.61. The summed E-state index contributed by atoms with van der Waals surface area (Å²) >= 11 is 0. The van der Waals surface area contributed by atoms with Gasteiger partial charge in [0.2, 0.25) is 0 Å². The first-order valence-electron chi connectivity index (χ1n) is 11.1. The lowest BCUT2D eigenvalue weighted by Crippen LogP contribution is -2.17. The van der Waals surface area contributed by atoms with E-state index >= 15 is 0 Å². The second kappa shape index (κ2) is 10.2. The molecule has 4 rings (SSSR count). The maximum absolute atomic E-state index is 13.5. The maximum atomic E-state index is 13.5. The fourth-order valence-corrected chi connectivity index (χ4v) is 3.79. The van der Waals surface area contributed by atoms with Crippen molar-refractivity contribution >= 4 is 34.4 Å². The minimum absolute atomic E-state index is 0.113. The van der Waals surface area contributed by atoms with Crippen LogP contribution in [-0.2, 0) is 15.9 Å². The molecular weight excluding hydrogens is 444 g/mol. The average molecular weight is 469 g/mol. The molecule has 7 heteroatoms. The topological polar surface area (TPSA) is 94.6 Å². The Hall–Kier alpha value is -4.52.